The molecule has 2 bridgehead atoms. The number of hydrogen-bond acceptors (Lipinski definition) is 2. The van der Waals surface area contributed by atoms with E-state index >= 15 is 0 Å². The van der Waals surface area contributed by atoms with Gasteiger partial charge in [-0.1, -0.05) is 41.9 Å². The predicted octanol–water partition coefficient (Wildman–Crippen LogP) is 4.18. The number of nitrogens with zero attached hydrogens (tertiary/aromatic N) is 2. The van der Waals surface area contributed by atoms with E-state index in [4.69, 9.17) is 11.6 Å². The van der Waals surface area contributed by atoms with Crippen LogP contribution in [0.2, 0.25) is 5.02 Å². The Hall–Kier alpha value is -1.91. The molecule has 0 saturated carbocycles. The van der Waals surface area contributed by atoms with Crippen molar-refractivity contribution in [3.8, 4) is 0 Å². The molecule has 0 unspecified atom stereocenters. The van der Waals surface area contributed by atoms with E-state index in [2.05, 4.69) is 29.2 Å². The highest BCUT2D eigenvalue weighted by Crippen LogP contribution is 2.47. The molecule has 4 fully saturated rings. The Morgan fingerprint density at radius 3 is 2.52 bits per heavy atom. The van der Waals surface area contributed by atoms with Crippen molar-refractivity contribution < 1.29 is 9.18 Å². The average molecular weight is 385 g/mol. The van der Waals surface area contributed by atoms with Crippen molar-refractivity contribution in [2.75, 3.05) is 19.6 Å². The molecule has 4 saturated heterocycles. The third-order valence-electron chi connectivity index (χ3n) is 6.64. The van der Waals surface area contributed by atoms with Crippen molar-refractivity contribution in [3.05, 3.63) is 70.5 Å². The van der Waals surface area contributed by atoms with Gasteiger partial charge in [0.1, 0.15) is 5.82 Å². The van der Waals surface area contributed by atoms with Crippen LogP contribution in [-0.4, -0.2) is 47.4 Å². The van der Waals surface area contributed by atoms with E-state index in [0.717, 1.165) is 25.9 Å². The van der Waals surface area contributed by atoms with Crippen LogP contribution in [0.3, 0.4) is 0 Å². The molecule has 3 nitrogen and oxygen atoms in total. The predicted molar refractivity (Wildman–Crippen MR) is 104 cm³/mol. The SMILES string of the molecule is O=C(c1cc(Cl)ccc1F)N1C[C@@H](c2ccccc2)[C@@H]2[C@H]1C1CCN2CC1. The molecule has 27 heavy (non-hydrogen) atoms. The number of rotatable bonds is 2. The Balaban J connectivity index is 1.54. The molecule has 1 amide bonds. The summed E-state index contributed by atoms with van der Waals surface area (Å²) in [5, 5.41) is 0.393. The van der Waals surface area contributed by atoms with Gasteiger partial charge in [0, 0.05) is 23.5 Å². The molecule has 0 spiro atoms. The summed E-state index contributed by atoms with van der Waals surface area (Å²) in [4.78, 5) is 17.8. The fraction of sp³-hybridized carbons (Fsp3) is 0.409. The highest BCUT2D eigenvalue weighted by Gasteiger charge is 2.54. The van der Waals surface area contributed by atoms with Crippen LogP contribution >= 0.6 is 11.6 Å². The number of piperidine rings is 3. The van der Waals surface area contributed by atoms with Gasteiger partial charge in [0.15, 0.2) is 0 Å². The number of likely N-dealkylation sites (tertiary alicyclic amines) is 1. The minimum atomic E-state index is -0.495. The van der Waals surface area contributed by atoms with Crippen LogP contribution in [-0.2, 0) is 0 Å². The molecular weight excluding hydrogens is 363 g/mol. The second kappa shape index (κ2) is 6.61. The van der Waals surface area contributed by atoms with Gasteiger partial charge in [-0.2, -0.15) is 0 Å². The quantitative estimate of drug-likeness (QED) is 0.775. The van der Waals surface area contributed by atoms with E-state index in [1.165, 1.54) is 23.8 Å². The van der Waals surface area contributed by atoms with Crippen molar-refractivity contribution in [1.82, 2.24) is 9.80 Å². The van der Waals surface area contributed by atoms with Gasteiger partial charge in [-0.25, -0.2) is 4.39 Å². The first-order valence-corrected chi connectivity index (χ1v) is 10.1. The Labute approximate surface area is 163 Å². The normalized spacial score (nSPS) is 31.8. The van der Waals surface area contributed by atoms with Gasteiger partial charge in [0.25, 0.3) is 5.91 Å². The fourth-order valence-electron chi connectivity index (χ4n) is 5.46. The first-order chi connectivity index (χ1) is 13.1. The second-order valence-electron chi connectivity index (χ2n) is 7.95. The van der Waals surface area contributed by atoms with E-state index in [1.54, 1.807) is 0 Å². The largest absolute Gasteiger partial charge is 0.333 e. The summed E-state index contributed by atoms with van der Waals surface area (Å²) < 4.78 is 14.4. The van der Waals surface area contributed by atoms with Gasteiger partial charge in [0.2, 0.25) is 0 Å². The molecule has 140 valence electrons. The lowest BCUT2D eigenvalue weighted by Gasteiger charge is -2.51. The summed E-state index contributed by atoms with van der Waals surface area (Å²) in [5.74, 6) is 0.0490. The van der Waals surface area contributed by atoms with E-state index in [0.29, 0.717) is 23.5 Å². The van der Waals surface area contributed by atoms with Crippen LogP contribution in [0.1, 0.15) is 34.7 Å². The fourth-order valence-corrected chi connectivity index (χ4v) is 5.64. The lowest BCUT2D eigenvalue weighted by atomic mass is 9.75. The number of fused-ring (bicyclic) bond motifs is 2. The van der Waals surface area contributed by atoms with Crippen molar-refractivity contribution in [2.45, 2.75) is 30.8 Å². The van der Waals surface area contributed by atoms with Gasteiger partial charge in [0.05, 0.1) is 11.6 Å². The molecule has 0 radical (unpaired) electrons. The zero-order chi connectivity index (χ0) is 18.5. The standard InChI is InChI=1S/C22H22ClFN2O/c23-16-6-7-19(24)17(12-16)22(27)26-13-18(14-4-2-1-3-5-14)21-20(26)15-8-10-25(21)11-9-15/h1-7,12,15,18,20-21H,8-11,13H2/t18-,20+,21+/m0/s1. The maximum atomic E-state index is 14.4. The third kappa shape index (κ3) is 2.77. The van der Waals surface area contributed by atoms with Gasteiger partial charge in [-0.3, -0.25) is 9.69 Å². The first-order valence-electron chi connectivity index (χ1n) is 9.68. The Morgan fingerprint density at radius 1 is 1.04 bits per heavy atom. The molecule has 5 heteroatoms. The highest BCUT2D eigenvalue weighted by atomic mass is 35.5. The van der Waals surface area contributed by atoms with Crippen molar-refractivity contribution in [1.29, 1.82) is 0 Å². The Kier molecular flexibility index (Phi) is 4.21. The Morgan fingerprint density at radius 2 is 1.78 bits per heavy atom. The highest BCUT2D eigenvalue weighted by molar-refractivity contribution is 6.31. The van der Waals surface area contributed by atoms with Gasteiger partial charge >= 0.3 is 0 Å². The first kappa shape index (κ1) is 17.2. The molecule has 4 aliphatic rings. The summed E-state index contributed by atoms with van der Waals surface area (Å²) in [6.07, 6.45) is 2.23. The van der Waals surface area contributed by atoms with Crippen molar-refractivity contribution >= 4 is 17.5 Å². The molecular formula is C22H22ClFN2O. The van der Waals surface area contributed by atoms with Crippen molar-refractivity contribution in [2.24, 2.45) is 5.92 Å². The van der Waals surface area contributed by atoms with Crippen LogP contribution in [0.15, 0.2) is 48.5 Å². The number of amides is 1. The molecule has 6 rings (SSSR count). The maximum Gasteiger partial charge on any atom is 0.257 e. The molecule has 4 heterocycles. The Bertz CT molecular complexity index is 866. The topological polar surface area (TPSA) is 23.6 Å². The lowest BCUT2D eigenvalue weighted by Crippen LogP contribution is -2.60. The third-order valence-corrected chi connectivity index (χ3v) is 6.88. The number of carbonyl (C=O) groups is 1. The number of hydrogen-bond donors (Lipinski definition) is 0. The van der Waals surface area contributed by atoms with Crippen LogP contribution in [0.5, 0.6) is 0 Å². The molecule has 0 N–H and O–H groups in total. The minimum Gasteiger partial charge on any atom is -0.333 e. The summed E-state index contributed by atoms with van der Waals surface area (Å²) in [5.41, 5.74) is 1.35. The van der Waals surface area contributed by atoms with Gasteiger partial charge in [-0.15, -0.1) is 0 Å². The van der Waals surface area contributed by atoms with Crippen LogP contribution in [0.25, 0.3) is 0 Å². The molecule has 2 aromatic rings. The summed E-state index contributed by atoms with van der Waals surface area (Å²) >= 11 is 6.05. The van der Waals surface area contributed by atoms with E-state index in [9.17, 15) is 9.18 Å². The molecule has 0 aromatic heterocycles. The van der Waals surface area contributed by atoms with E-state index < -0.39 is 5.82 Å². The molecule has 2 aromatic carbocycles. The van der Waals surface area contributed by atoms with Crippen LogP contribution in [0, 0.1) is 11.7 Å². The second-order valence-corrected chi connectivity index (χ2v) is 8.39. The van der Waals surface area contributed by atoms with Gasteiger partial charge < -0.3 is 4.90 Å². The molecule has 0 aliphatic carbocycles. The van der Waals surface area contributed by atoms with Gasteiger partial charge in [-0.05, 0) is 55.6 Å². The zero-order valence-corrected chi connectivity index (χ0v) is 15.8. The van der Waals surface area contributed by atoms with Crippen molar-refractivity contribution in [3.63, 3.8) is 0 Å². The molecule has 4 aliphatic heterocycles. The number of benzene rings is 2. The minimum absolute atomic E-state index is 0.0893. The summed E-state index contributed by atoms with van der Waals surface area (Å²) in [6, 6.07) is 15.2. The monoisotopic (exact) mass is 384 g/mol. The number of halogens is 2. The van der Waals surface area contributed by atoms with E-state index in [1.807, 2.05) is 11.0 Å². The van der Waals surface area contributed by atoms with Crippen LogP contribution in [0.4, 0.5) is 4.39 Å². The summed E-state index contributed by atoms with van der Waals surface area (Å²) in [7, 11) is 0. The van der Waals surface area contributed by atoms with Crippen LogP contribution < -0.4 is 0 Å². The lowest BCUT2D eigenvalue weighted by molar-refractivity contribution is -0.00353. The average Bonchev–Trinajstić information content (AvgIpc) is 3.14. The number of carbonyl (C=O) groups excluding carboxylic acids is 1. The zero-order valence-electron chi connectivity index (χ0n) is 15.0. The van der Waals surface area contributed by atoms with E-state index in [-0.39, 0.29) is 23.4 Å². The summed E-state index contributed by atoms with van der Waals surface area (Å²) in [6.45, 7) is 2.84. The maximum absolute atomic E-state index is 14.4. The smallest absolute Gasteiger partial charge is 0.257 e. The molecule has 3 atom stereocenters.